The van der Waals surface area contributed by atoms with E-state index in [2.05, 4.69) is 20.9 Å². The van der Waals surface area contributed by atoms with Crippen LogP contribution >= 0.6 is 27.3 Å². The summed E-state index contributed by atoms with van der Waals surface area (Å²) in [5.41, 5.74) is 3.53. The van der Waals surface area contributed by atoms with Crippen molar-refractivity contribution in [3.05, 3.63) is 95.1 Å². The molecule has 6 nitrogen and oxygen atoms in total. The van der Waals surface area contributed by atoms with Gasteiger partial charge >= 0.3 is 5.97 Å². The molecular formula is C25H24BrN3O3S. The lowest BCUT2D eigenvalue weighted by atomic mass is 9.95. The lowest BCUT2D eigenvalue weighted by Gasteiger charge is -2.25. The summed E-state index contributed by atoms with van der Waals surface area (Å²) in [5, 5.41) is 0. The van der Waals surface area contributed by atoms with Crippen LogP contribution in [0.3, 0.4) is 0 Å². The average Bonchev–Trinajstić information content (AvgIpc) is 3.09. The molecule has 1 atom stereocenters. The number of thiazole rings is 1. The molecule has 1 aromatic heterocycles. The van der Waals surface area contributed by atoms with E-state index in [9.17, 15) is 9.59 Å². The topological polar surface area (TPSA) is 63.9 Å². The fourth-order valence-electron chi connectivity index (χ4n) is 3.77. The molecule has 0 spiro atoms. The van der Waals surface area contributed by atoms with Crippen molar-refractivity contribution in [3.8, 4) is 0 Å². The van der Waals surface area contributed by atoms with Gasteiger partial charge in [0.15, 0.2) is 4.80 Å². The Labute approximate surface area is 204 Å². The lowest BCUT2D eigenvalue weighted by molar-refractivity contribution is -0.139. The highest BCUT2D eigenvalue weighted by atomic mass is 79.9. The van der Waals surface area contributed by atoms with E-state index in [0.29, 0.717) is 20.6 Å². The third kappa shape index (κ3) is 4.58. The number of carbonyl (C=O) groups is 1. The Morgan fingerprint density at radius 2 is 1.85 bits per heavy atom. The van der Waals surface area contributed by atoms with Crippen LogP contribution in [0.5, 0.6) is 0 Å². The first-order valence-electron chi connectivity index (χ1n) is 10.5. The normalized spacial score (nSPS) is 15.8. The first-order valence-corrected chi connectivity index (χ1v) is 12.1. The third-order valence-electron chi connectivity index (χ3n) is 5.41. The van der Waals surface area contributed by atoms with Crippen LogP contribution in [-0.4, -0.2) is 31.2 Å². The molecule has 1 aliphatic heterocycles. The zero-order valence-electron chi connectivity index (χ0n) is 18.8. The van der Waals surface area contributed by atoms with Crippen molar-refractivity contribution in [2.45, 2.75) is 19.9 Å². The molecule has 8 heteroatoms. The highest BCUT2D eigenvalue weighted by Gasteiger charge is 2.33. The second-order valence-electron chi connectivity index (χ2n) is 7.84. The van der Waals surface area contributed by atoms with E-state index >= 15 is 0 Å². The maximum atomic E-state index is 13.6. The fourth-order valence-corrected chi connectivity index (χ4v) is 5.08. The predicted octanol–water partition coefficient (Wildman–Crippen LogP) is 3.63. The number of halogens is 1. The molecule has 0 N–H and O–H groups in total. The van der Waals surface area contributed by atoms with Gasteiger partial charge in [0.25, 0.3) is 5.56 Å². The summed E-state index contributed by atoms with van der Waals surface area (Å²) in [6.07, 6.45) is 1.85. The van der Waals surface area contributed by atoms with Crippen molar-refractivity contribution in [3.63, 3.8) is 0 Å². The Morgan fingerprint density at radius 3 is 2.45 bits per heavy atom. The van der Waals surface area contributed by atoms with E-state index in [0.717, 1.165) is 21.3 Å². The molecule has 0 saturated carbocycles. The van der Waals surface area contributed by atoms with Gasteiger partial charge in [0.2, 0.25) is 0 Å². The highest BCUT2D eigenvalue weighted by Crippen LogP contribution is 2.31. The van der Waals surface area contributed by atoms with Crippen LogP contribution in [0.25, 0.3) is 6.08 Å². The van der Waals surface area contributed by atoms with Crippen molar-refractivity contribution < 1.29 is 9.53 Å². The van der Waals surface area contributed by atoms with Crippen molar-refractivity contribution >= 4 is 45.0 Å². The summed E-state index contributed by atoms with van der Waals surface area (Å²) in [6, 6.07) is 15.0. The number of ether oxygens (including phenoxy) is 1. The smallest absolute Gasteiger partial charge is 0.338 e. The largest absolute Gasteiger partial charge is 0.463 e. The molecule has 1 unspecified atom stereocenters. The first-order chi connectivity index (χ1) is 15.8. The molecule has 4 rings (SSSR count). The van der Waals surface area contributed by atoms with Gasteiger partial charge in [-0.3, -0.25) is 9.36 Å². The number of esters is 1. The summed E-state index contributed by atoms with van der Waals surface area (Å²) in [5.74, 6) is -0.456. The number of aromatic nitrogens is 1. The monoisotopic (exact) mass is 525 g/mol. The Bertz CT molecular complexity index is 1400. The van der Waals surface area contributed by atoms with Crippen molar-refractivity contribution in [2.75, 3.05) is 25.6 Å². The molecule has 33 heavy (non-hydrogen) atoms. The number of hydrogen-bond donors (Lipinski definition) is 0. The van der Waals surface area contributed by atoms with E-state index in [-0.39, 0.29) is 12.2 Å². The predicted molar refractivity (Wildman–Crippen MR) is 135 cm³/mol. The van der Waals surface area contributed by atoms with Crippen LogP contribution in [0.15, 0.2) is 74.1 Å². The molecule has 0 bridgehead atoms. The van der Waals surface area contributed by atoms with Gasteiger partial charge in [-0.1, -0.05) is 51.5 Å². The minimum atomic E-state index is -0.608. The number of fused-ring (bicyclic) bond motifs is 1. The molecular weight excluding hydrogens is 502 g/mol. The van der Waals surface area contributed by atoms with Gasteiger partial charge in [-0.2, -0.15) is 0 Å². The maximum absolute atomic E-state index is 13.6. The van der Waals surface area contributed by atoms with Gasteiger partial charge in [0, 0.05) is 24.3 Å². The molecule has 2 heterocycles. The Hall–Kier alpha value is -2.97. The fraction of sp³-hybridized carbons (Fsp3) is 0.240. The van der Waals surface area contributed by atoms with Crippen LogP contribution in [0.4, 0.5) is 5.69 Å². The van der Waals surface area contributed by atoms with E-state index in [4.69, 9.17) is 4.74 Å². The summed E-state index contributed by atoms with van der Waals surface area (Å²) in [6.45, 7) is 3.80. The van der Waals surface area contributed by atoms with Crippen LogP contribution in [0.1, 0.15) is 31.0 Å². The molecule has 3 aromatic rings. The summed E-state index contributed by atoms with van der Waals surface area (Å²) in [7, 11) is 3.93. The number of anilines is 1. The minimum absolute atomic E-state index is 0.183. The van der Waals surface area contributed by atoms with Crippen LogP contribution in [0.2, 0.25) is 0 Å². The Morgan fingerprint density at radius 1 is 1.18 bits per heavy atom. The number of hydrogen-bond acceptors (Lipinski definition) is 6. The number of rotatable bonds is 5. The van der Waals surface area contributed by atoms with Gasteiger partial charge < -0.3 is 9.64 Å². The lowest BCUT2D eigenvalue weighted by Crippen LogP contribution is -2.39. The summed E-state index contributed by atoms with van der Waals surface area (Å²) < 4.78 is 8.48. The quantitative estimate of drug-likeness (QED) is 0.477. The third-order valence-corrected chi connectivity index (χ3v) is 6.92. The van der Waals surface area contributed by atoms with Crippen molar-refractivity contribution in [2.24, 2.45) is 4.99 Å². The van der Waals surface area contributed by atoms with Crippen LogP contribution in [0, 0.1) is 0 Å². The van der Waals surface area contributed by atoms with Gasteiger partial charge in [-0.15, -0.1) is 0 Å². The van der Waals surface area contributed by atoms with Crippen molar-refractivity contribution in [1.82, 2.24) is 4.57 Å². The van der Waals surface area contributed by atoms with E-state index in [1.54, 1.807) is 18.4 Å². The van der Waals surface area contributed by atoms with Gasteiger partial charge in [-0.25, -0.2) is 9.79 Å². The minimum Gasteiger partial charge on any atom is -0.463 e. The Kier molecular flexibility index (Phi) is 6.67. The van der Waals surface area contributed by atoms with Gasteiger partial charge in [-0.05, 0) is 55.3 Å². The first kappa shape index (κ1) is 23.2. The molecule has 0 aliphatic carbocycles. The molecule has 2 aromatic carbocycles. The summed E-state index contributed by atoms with van der Waals surface area (Å²) in [4.78, 5) is 33.7. The zero-order chi connectivity index (χ0) is 23.7. The number of carbonyl (C=O) groups excluding carboxylic acids is 1. The molecule has 1 aliphatic rings. The molecule has 0 radical (unpaired) electrons. The average molecular weight is 526 g/mol. The molecule has 0 fully saturated rings. The number of allylic oxidation sites excluding steroid dienone is 1. The molecule has 0 amide bonds. The van der Waals surface area contributed by atoms with Crippen molar-refractivity contribution in [1.29, 1.82) is 0 Å². The van der Waals surface area contributed by atoms with Crippen LogP contribution in [-0.2, 0) is 9.53 Å². The SMILES string of the molecule is CCOC(=O)C1=C(C)N=c2sc(=Cc3ccc(Br)cc3)c(=O)n2C1c1ccc(N(C)C)cc1. The van der Waals surface area contributed by atoms with E-state index in [1.165, 1.54) is 11.3 Å². The van der Waals surface area contributed by atoms with Crippen LogP contribution < -0.4 is 19.8 Å². The Balaban J connectivity index is 1.92. The maximum Gasteiger partial charge on any atom is 0.338 e. The van der Waals surface area contributed by atoms with Gasteiger partial charge in [0.05, 0.1) is 28.5 Å². The number of benzene rings is 2. The molecule has 0 saturated heterocycles. The second kappa shape index (κ2) is 9.49. The zero-order valence-corrected chi connectivity index (χ0v) is 21.2. The van der Waals surface area contributed by atoms with E-state index < -0.39 is 12.0 Å². The van der Waals surface area contributed by atoms with Gasteiger partial charge in [0.1, 0.15) is 0 Å². The highest BCUT2D eigenvalue weighted by molar-refractivity contribution is 9.10. The number of nitrogens with zero attached hydrogens (tertiary/aromatic N) is 3. The molecule has 170 valence electrons. The second-order valence-corrected chi connectivity index (χ2v) is 9.76. The standard InChI is InChI=1S/C25H24BrN3O3S/c1-5-32-24(31)21-15(2)27-25-29(22(21)17-8-12-19(13-9-17)28(3)4)23(30)20(33-25)14-16-6-10-18(26)11-7-16/h6-14,22H,5H2,1-4H3. The van der Waals surface area contributed by atoms with E-state index in [1.807, 2.05) is 73.6 Å². The summed E-state index contributed by atoms with van der Waals surface area (Å²) >= 11 is 4.75.